The van der Waals surface area contributed by atoms with E-state index in [1.165, 1.54) is 0 Å². The van der Waals surface area contributed by atoms with Gasteiger partial charge in [0.2, 0.25) is 10.4 Å². The molecule has 9 nitrogen and oxygen atoms in total. The standard InChI is InChI=1S/C7H12N2O3S.H2O4S/c1-7-8-3-5-9(7)4-2-6-13(10,11)12;1-5(2,3)4/h3,5H,2,4,6H2,1H3,(H,10,11,12);(H2,1,2,3,4). The quantitative estimate of drug-likeness (QED) is 0.362. The lowest BCUT2D eigenvalue weighted by Crippen LogP contribution is -2.35. The van der Waals surface area contributed by atoms with E-state index >= 15 is 0 Å². The van der Waals surface area contributed by atoms with Crippen LogP contribution in [0.3, 0.4) is 0 Å². The van der Waals surface area contributed by atoms with Crippen LogP contribution in [0.15, 0.2) is 12.4 Å². The summed E-state index contributed by atoms with van der Waals surface area (Å²) in [5.74, 6) is 0.778. The van der Waals surface area contributed by atoms with Gasteiger partial charge in [0.05, 0.1) is 12.3 Å². The molecule has 0 unspecified atom stereocenters. The predicted molar refractivity (Wildman–Crippen MR) is 59.1 cm³/mol. The summed E-state index contributed by atoms with van der Waals surface area (Å²) in [7, 11) is -8.73. The Bertz CT molecular complexity index is 552. The number of rotatable bonds is 4. The van der Waals surface area contributed by atoms with E-state index in [1.54, 1.807) is 6.20 Å². The van der Waals surface area contributed by atoms with Crippen molar-refractivity contribution in [2.45, 2.75) is 19.9 Å². The summed E-state index contributed by atoms with van der Waals surface area (Å²) >= 11 is 0. The van der Waals surface area contributed by atoms with Crippen LogP contribution in [0.5, 0.6) is 0 Å². The lowest BCUT2D eigenvalue weighted by atomic mass is 10.4. The third kappa shape index (κ3) is 11.5. The summed E-state index contributed by atoms with van der Waals surface area (Å²) in [5.41, 5.74) is 0. The van der Waals surface area contributed by atoms with Crippen molar-refractivity contribution in [3.05, 3.63) is 18.2 Å². The molecule has 0 radical (unpaired) electrons. The topological polar surface area (TPSA) is 151 Å². The Labute approximate surface area is 105 Å². The summed E-state index contributed by atoms with van der Waals surface area (Å²) in [6.07, 6.45) is 4.03. The van der Waals surface area contributed by atoms with E-state index in [1.807, 2.05) is 17.7 Å². The number of aryl methyl sites for hydroxylation is 2. The summed E-state index contributed by atoms with van der Waals surface area (Å²) in [4.78, 5) is 2.97. The third-order valence-corrected chi connectivity index (χ3v) is 2.58. The van der Waals surface area contributed by atoms with Crippen molar-refractivity contribution >= 4 is 20.5 Å². The second kappa shape index (κ2) is 6.80. The maximum absolute atomic E-state index is 10.4. The smallest absolute Gasteiger partial charge is 0.265 e. The monoisotopic (exact) mass is 302 g/mol. The lowest BCUT2D eigenvalue weighted by molar-refractivity contribution is -0.701. The lowest BCUT2D eigenvalue weighted by Gasteiger charge is -1.96. The van der Waals surface area contributed by atoms with E-state index in [-0.39, 0.29) is 5.75 Å². The Hall–Kier alpha value is -1.01. The molecule has 0 saturated carbocycles. The molecule has 0 saturated heterocycles. The molecule has 0 amide bonds. The summed E-state index contributed by atoms with van der Waals surface area (Å²) < 4.78 is 64.0. The molecule has 0 aliphatic heterocycles. The van der Waals surface area contributed by atoms with Crippen LogP contribution in [0.25, 0.3) is 0 Å². The fraction of sp³-hybridized carbons (Fsp3) is 0.571. The molecule has 0 fully saturated rings. The minimum atomic E-state index is -4.92. The molecule has 0 bridgehead atoms. The van der Waals surface area contributed by atoms with Crippen LogP contribution in [0.4, 0.5) is 0 Å². The number of aromatic amines is 1. The van der Waals surface area contributed by atoms with Crippen molar-refractivity contribution in [1.29, 1.82) is 0 Å². The third-order valence-electron chi connectivity index (χ3n) is 1.78. The van der Waals surface area contributed by atoms with Crippen LogP contribution in [0, 0.1) is 6.92 Å². The van der Waals surface area contributed by atoms with Crippen molar-refractivity contribution in [3.63, 3.8) is 0 Å². The van der Waals surface area contributed by atoms with Crippen LogP contribution in [-0.2, 0) is 27.1 Å². The highest BCUT2D eigenvalue weighted by Crippen LogP contribution is 1.90. The van der Waals surface area contributed by atoms with E-state index in [2.05, 4.69) is 4.98 Å². The van der Waals surface area contributed by atoms with Gasteiger partial charge < -0.3 is 4.55 Å². The molecule has 11 heteroatoms. The largest absolute Gasteiger partial charge is 0.726 e. The van der Waals surface area contributed by atoms with Gasteiger partial charge in [-0.15, -0.1) is 0 Å². The van der Waals surface area contributed by atoms with Crippen molar-refractivity contribution in [2.75, 3.05) is 5.75 Å². The molecule has 1 aromatic rings. The molecule has 0 aromatic carbocycles. The Morgan fingerprint density at radius 2 is 1.83 bits per heavy atom. The van der Waals surface area contributed by atoms with E-state index in [4.69, 9.17) is 22.1 Å². The molecule has 1 rings (SSSR count). The molecule has 1 heterocycles. The molecule has 18 heavy (non-hydrogen) atoms. The number of hydrogen-bond acceptors (Lipinski definition) is 5. The highest BCUT2D eigenvalue weighted by Gasteiger charge is 2.08. The molecule has 0 atom stereocenters. The van der Waals surface area contributed by atoms with Gasteiger partial charge in [0.15, 0.2) is 0 Å². The van der Waals surface area contributed by atoms with Crippen molar-refractivity contribution < 1.29 is 35.1 Å². The first-order chi connectivity index (χ1) is 7.99. The van der Waals surface area contributed by atoms with Gasteiger partial charge in [-0.05, 0) is 0 Å². The van der Waals surface area contributed by atoms with Gasteiger partial charge in [-0.3, -0.25) is 9.11 Å². The first-order valence-electron chi connectivity index (χ1n) is 4.66. The number of imidazole rings is 1. The fourth-order valence-corrected chi connectivity index (χ4v) is 1.60. The van der Waals surface area contributed by atoms with Crippen LogP contribution >= 0.6 is 0 Å². The number of aromatic nitrogens is 2. The van der Waals surface area contributed by atoms with Gasteiger partial charge in [0.1, 0.15) is 12.4 Å². The first-order valence-corrected chi connectivity index (χ1v) is 7.63. The minimum absolute atomic E-state index is 0.190. The van der Waals surface area contributed by atoms with Crippen LogP contribution in [-0.4, -0.2) is 41.2 Å². The molecule has 3 N–H and O–H groups in total. The van der Waals surface area contributed by atoms with Gasteiger partial charge in [-0.2, -0.15) is 8.42 Å². The van der Waals surface area contributed by atoms with Crippen molar-refractivity contribution in [1.82, 2.24) is 4.98 Å². The number of H-pyrrole nitrogens is 1. The first kappa shape index (κ1) is 17.0. The van der Waals surface area contributed by atoms with E-state index < -0.39 is 20.5 Å². The van der Waals surface area contributed by atoms with E-state index in [0.717, 1.165) is 5.82 Å². The number of nitrogens with one attached hydrogen (secondary N) is 1. The summed E-state index contributed by atoms with van der Waals surface area (Å²) in [6.45, 7) is 2.49. The molecular formula is C7H14N2O7S2. The highest BCUT2D eigenvalue weighted by molar-refractivity contribution is 7.85. The maximum atomic E-state index is 10.4. The number of nitrogens with zero attached hydrogens (tertiary/aromatic N) is 1. The van der Waals surface area contributed by atoms with Gasteiger partial charge in [-0.1, -0.05) is 0 Å². The van der Waals surface area contributed by atoms with Gasteiger partial charge in [0, 0.05) is 13.3 Å². The molecular weight excluding hydrogens is 288 g/mol. The minimum Gasteiger partial charge on any atom is -0.726 e. The Morgan fingerprint density at radius 3 is 2.17 bits per heavy atom. The molecule has 0 aliphatic carbocycles. The fourth-order valence-electron chi connectivity index (χ4n) is 1.10. The molecule has 0 spiro atoms. The van der Waals surface area contributed by atoms with Gasteiger partial charge in [0.25, 0.3) is 15.9 Å². The molecule has 0 aliphatic rings. The zero-order valence-electron chi connectivity index (χ0n) is 9.48. The summed E-state index contributed by atoms with van der Waals surface area (Å²) in [5, 5.41) is 0. The molecule has 1 aromatic heterocycles. The Morgan fingerprint density at radius 1 is 1.33 bits per heavy atom. The zero-order valence-corrected chi connectivity index (χ0v) is 11.1. The van der Waals surface area contributed by atoms with Crippen molar-refractivity contribution in [3.8, 4) is 0 Å². The average molecular weight is 302 g/mol. The Balaban J connectivity index is 0.000000494. The SMILES string of the molecule is Cc1[nH]cc[n+]1CCCS(=O)(=O)O.O=S(=O)([O-])O. The van der Waals surface area contributed by atoms with Crippen LogP contribution < -0.4 is 4.57 Å². The summed E-state index contributed by atoms with van der Waals surface area (Å²) in [6, 6.07) is 0. The van der Waals surface area contributed by atoms with Gasteiger partial charge >= 0.3 is 0 Å². The average Bonchev–Trinajstić information content (AvgIpc) is 2.46. The van der Waals surface area contributed by atoms with Crippen molar-refractivity contribution in [2.24, 2.45) is 0 Å². The molecule has 106 valence electrons. The van der Waals surface area contributed by atoms with E-state index in [0.29, 0.717) is 13.0 Å². The normalized spacial score (nSPS) is 11.8. The highest BCUT2D eigenvalue weighted by atomic mass is 32.3. The predicted octanol–water partition coefficient (Wildman–Crippen LogP) is -1.11. The maximum Gasteiger partial charge on any atom is 0.265 e. The second-order valence-electron chi connectivity index (χ2n) is 3.31. The Kier molecular flexibility index (Phi) is 6.42. The van der Waals surface area contributed by atoms with Crippen LogP contribution in [0.2, 0.25) is 0 Å². The van der Waals surface area contributed by atoms with Crippen LogP contribution in [0.1, 0.15) is 12.2 Å². The zero-order chi connectivity index (χ0) is 14.4. The van der Waals surface area contributed by atoms with Gasteiger partial charge in [-0.25, -0.2) is 18.0 Å². The number of hydrogen-bond donors (Lipinski definition) is 3. The van der Waals surface area contributed by atoms with E-state index in [9.17, 15) is 8.42 Å². The second-order valence-corrected chi connectivity index (χ2v) is 5.73.